The minimum atomic E-state index is -1.04. The molecule has 0 fully saturated rings. The SMILES string of the molecule is CCCCCCCCCCCCCC[PH](C)(CCCCCCCCCCCCCC)CCCCCCCCCCCCCC. The topological polar surface area (TPSA) is 0 Å². The van der Waals surface area contributed by atoms with E-state index in [4.69, 9.17) is 0 Å². The standard InChI is InChI=1S/C43H91P/c1-5-8-11-14-17-20-23-26-29-32-35-38-41-44(4,42-39-36-33-30-27-24-21-18-15-12-9-6-2)43-40-37-34-31-28-25-22-19-16-13-10-7-3/h44H,5-43H2,1-4H3. The van der Waals surface area contributed by atoms with Crippen LogP contribution in [-0.4, -0.2) is 25.2 Å². The third kappa shape index (κ3) is 35.3. The van der Waals surface area contributed by atoms with Crippen LogP contribution in [0.1, 0.15) is 252 Å². The second kappa shape index (κ2) is 37.9. The van der Waals surface area contributed by atoms with Crippen LogP contribution >= 0.6 is 7.26 Å². The molecule has 0 nitrogen and oxygen atoms in total. The summed E-state index contributed by atoms with van der Waals surface area (Å²) in [5.74, 6) is 0. The molecule has 0 bridgehead atoms. The zero-order valence-electron chi connectivity index (χ0n) is 32.1. The van der Waals surface area contributed by atoms with E-state index in [1.165, 1.54) is 212 Å². The van der Waals surface area contributed by atoms with E-state index in [0.717, 1.165) is 0 Å². The molecule has 0 rings (SSSR count). The van der Waals surface area contributed by atoms with Crippen molar-refractivity contribution in [3.63, 3.8) is 0 Å². The number of hydrogen-bond donors (Lipinski definition) is 0. The Balaban J connectivity index is 4.06. The summed E-state index contributed by atoms with van der Waals surface area (Å²) in [5, 5.41) is 0. The van der Waals surface area contributed by atoms with Crippen LogP contribution in [0.3, 0.4) is 0 Å². The van der Waals surface area contributed by atoms with Gasteiger partial charge in [0.25, 0.3) is 0 Å². The Labute approximate surface area is 283 Å². The van der Waals surface area contributed by atoms with Gasteiger partial charge in [-0.05, 0) is 0 Å². The smallest absolute Gasteiger partial charge is 0.0654 e. The molecule has 0 aliphatic heterocycles. The average molecular weight is 639 g/mol. The quantitative estimate of drug-likeness (QED) is 0.0464. The predicted octanol–water partition coefficient (Wildman–Crippen LogP) is 16.5. The summed E-state index contributed by atoms with van der Waals surface area (Å²) in [6.45, 7) is 9.79. The zero-order chi connectivity index (χ0) is 32.1. The molecule has 0 aliphatic rings. The Kier molecular flexibility index (Phi) is 38.3. The van der Waals surface area contributed by atoms with Crippen LogP contribution < -0.4 is 0 Å². The second-order valence-corrected chi connectivity index (χ2v) is 20.8. The molecule has 268 valence electrons. The van der Waals surface area contributed by atoms with Crippen molar-refractivity contribution in [2.45, 2.75) is 252 Å². The average Bonchev–Trinajstić information content (AvgIpc) is 3.02. The third-order valence-corrected chi connectivity index (χ3v) is 15.6. The Morgan fingerprint density at radius 2 is 0.341 bits per heavy atom. The van der Waals surface area contributed by atoms with Gasteiger partial charge in [0.2, 0.25) is 0 Å². The Morgan fingerprint density at radius 1 is 0.205 bits per heavy atom. The minimum absolute atomic E-state index is 1.04. The fraction of sp³-hybridized carbons (Fsp3) is 1.00. The van der Waals surface area contributed by atoms with Crippen LogP contribution in [0.5, 0.6) is 0 Å². The van der Waals surface area contributed by atoms with Gasteiger partial charge in [-0.15, -0.1) is 0 Å². The molecule has 0 saturated heterocycles. The third-order valence-electron chi connectivity index (χ3n) is 10.9. The van der Waals surface area contributed by atoms with Gasteiger partial charge in [0.15, 0.2) is 0 Å². The van der Waals surface area contributed by atoms with Crippen molar-refractivity contribution in [2.24, 2.45) is 0 Å². The van der Waals surface area contributed by atoms with Crippen LogP contribution in [-0.2, 0) is 0 Å². The van der Waals surface area contributed by atoms with Gasteiger partial charge in [-0.25, -0.2) is 0 Å². The van der Waals surface area contributed by atoms with Crippen LogP contribution in [0, 0.1) is 0 Å². The summed E-state index contributed by atoms with van der Waals surface area (Å²) in [4.78, 5) is 0. The predicted molar refractivity (Wildman–Crippen MR) is 212 cm³/mol. The Bertz CT molecular complexity index is 430. The van der Waals surface area contributed by atoms with Crippen LogP contribution in [0.25, 0.3) is 0 Å². The maximum absolute atomic E-state index is 2.82. The Morgan fingerprint density at radius 3 is 0.500 bits per heavy atom. The van der Waals surface area contributed by atoms with Crippen molar-refractivity contribution in [3.8, 4) is 0 Å². The summed E-state index contributed by atoms with van der Waals surface area (Å²) in [7, 11) is -1.04. The van der Waals surface area contributed by atoms with E-state index in [2.05, 4.69) is 27.4 Å². The fourth-order valence-electron chi connectivity index (χ4n) is 7.55. The first-order valence-corrected chi connectivity index (χ1v) is 24.8. The molecular formula is C43H91P. The molecule has 1 heteroatoms. The first kappa shape index (κ1) is 44.4. The fourth-order valence-corrected chi connectivity index (χ4v) is 11.6. The molecule has 0 spiro atoms. The number of rotatable bonds is 39. The number of hydrogen-bond acceptors (Lipinski definition) is 0. The van der Waals surface area contributed by atoms with E-state index in [-0.39, 0.29) is 0 Å². The molecule has 0 N–H and O–H groups in total. The van der Waals surface area contributed by atoms with Crippen molar-refractivity contribution in [1.82, 2.24) is 0 Å². The molecule has 0 amide bonds. The summed E-state index contributed by atoms with van der Waals surface area (Å²) < 4.78 is 0. The van der Waals surface area contributed by atoms with Gasteiger partial charge in [-0.2, -0.15) is 0 Å². The van der Waals surface area contributed by atoms with Crippen LogP contribution in [0.15, 0.2) is 0 Å². The first-order chi connectivity index (χ1) is 21.7. The van der Waals surface area contributed by atoms with Crippen molar-refractivity contribution in [3.05, 3.63) is 0 Å². The van der Waals surface area contributed by atoms with E-state index in [1.807, 2.05) is 0 Å². The molecule has 0 aromatic heterocycles. The molecule has 0 aromatic carbocycles. The molecule has 0 radical (unpaired) electrons. The first-order valence-electron chi connectivity index (χ1n) is 21.7. The molecule has 0 saturated carbocycles. The van der Waals surface area contributed by atoms with E-state index in [1.54, 1.807) is 37.7 Å². The zero-order valence-corrected chi connectivity index (χ0v) is 33.1. The van der Waals surface area contributed by atoms with Crippen LogP contribution in [0.4, 0.5) is 0 Å². The molecule has 0 aliphatic carbocycles. The van der Waals surface area contributed by atoms with Gasteiger partial charge in [-0.1, -0.05) is 40.0 Å². The van der Waals surface area contributed by atoms with Gasteiger partial charge in [0.1, 0.15) is 0 Å². The van der Waals surface area contributed by atoms with Crippen LogP contribution in [0.2, 0.25) is 0 Å². The Hall–Kier alpha value is 0.430. The molecule has 0 heterocycles. The van der Waals surface area contributed by atoms with Gasteiger partial charge in [-0.3, -0.25) is 0 Å². The molecule has 44 heavy (non-hydrogen) atoms. The van der Waals surface area contributed by atoms with Crippen molar-refractivity contribution >= 4 is 7.26 Å². The summed E-state index contributed by atoms with van der Waals surface area (Å²) >= 11 is 0. The van der Waals surface area contributed by atoms with E-state index in [0.29, 0.717) is 0 Å². The van der Waals surface area contributed by atoms with E-state index >= 15 is 0 Å². The molecule has 0 atom stereocenters. The minimum Gasteiger partial charge on any atom is -0.0654 e. The van der Waals surface area contributed by atoms with E-state index in [9.17, 15) is 0 Å². The van der Waals surface area contributed by atoms with Crippen molar-refractivity contribution < 1.29 is 0 Å². The van der Waals surface area contributed by atoms with Gasteiger partial charge in [0, 0.05) is 0 Å². The molecular weight excluding hydrogens is 547 g/mol. The van der Waals surface area contributed by atoms with Gasteiger partial charge >= 0.3 is 244 Å². The second-order valence-electron chi connectivity index (χ2n) is 15.7. The van der Waals surface area contributed by atoms with Gasteiger partial charge in [0.05, 0.1) is 0 Å². The van der Waals surface area contributed by atoms with E-state index < -0.39 is 7.26 Å². The summed E-state index contributed by atoms with van der Waals surface area (Å²) in [5.41, 5.74) is 0. The summed E-state index contributed by atoms with van der Waals surface area (Å²) in [6.07, 6.45) is 58.4. The molecule has 0 unspecified atom stereocenters. The molecule has 0 aromatic rings. The van der Waals surface area contributed by atoms with Gasteiger partial charge < -0.3 is 0 Å². The summed E-state index contributed by atoms with van der Waals surface area (Å²) in [6, 6.07) is 0. The normalized spacial score (nSPS) is 12.4. The number of unbranched alkanes of at least 4 members (excludes halogenated alkanes) is 33. The van der Waals surface area contributed by atoms with Crippen molar-refractivity contribution in [2.75, 3.05) is 25.2 Å². The monoisotopic (exact) mass is 639 g/mol. The van der Waals surface area contributed by atoms with Crippen molar-refractivity contribution in [1.29, 1.82) is 0 Å². The maximum atomic E-state index is 2.82.